The van der Waals surface area contributed by atoms with E-state index in [1.54, 1.807) is 7.11 Å². The molecule has 1 aromatic rings. The van der Waals surface area contributed by atoms with Gasteiger partial charge in [0.15, 0.2) is 0 Å². The van der Waals surface area contributed by atoms with Gasteiger partial charge in [-0.1, -0.05) is 40.8 Å². The van der Waals surface area contributed by atoms with Crippen LogP contribution in [0.1, 0.15) is 24.0 Å². The van der Waals surface area contributed by atoms with E-state index in [4.69, 9.17) is 4.74 Å². The molecule has 1 aromatic carbocycles. The molecule has 3 rings (SSSR count). The molecule has 1 fully saturated rings. The number of halogens is 1. The Morgan fingerprint density at radius 1 is 1.40 bits per heavy atom. The van der Waals surface area contributed by atoms with Crippen LogP contribution in [0.15, 0.2) is 28.4 Å². The predicted octanol–water partition coefficient (Wildman–Crippen LogP) is 3.82. The summed E-state index contributed by atoms with van der Waals surface area (Å²) in [6, 6.07) is 7.25. The molecule has 0 radical (unpaired) electrons. The van der Waals surface area contributed by atoms with Crippen LogP contribution in [0.3, 0.4) is 0 Å². The summed E-state index contributed by atoms with van der Waals surface area (Å²) in [5, 5.41) is 0. The minimum absolute atomic E-state index is 0.718. The van der Waals surface area contributed by atoms with Gasteiger partial charge in [-0.15, -0.1) is 0 Å². The van der Waals surface area contributed by atoms with Crippen LogP contribution in [-0.4, -0.2) is 31.1 Å². The Balaban J connectivity index is 1.86. The highest BCUT2D eigenvalue weighted by Gasteiger charge is 2.35. The second-order valence-corrected chi connectivity index (χ2v) is 6.55. The number of fused-ring (bicyclic) bond motifs is 2. The first kappa shape index (κ1) is 14.4. The SMILES string of the molecule is COc1cccc2c1C[C@H]1CCCN(C/C=C/I)[C@@H]1C2. The van der Waals surface area contributed by atoms with Crippen molar-refractivity contribution < 1.29 is 4.74 Å². The largest absolute Gasteiger partial charge is 0.496 e. The minimum Gasteiger partial charge on any atom is -0.496 e. The number of nitrogens with zero attached hydrogens (tertiary/aromatic N) is 1. The summed E-state index contributed by atoms with van der Waals surface area (Å²) >= 11 is 2.32. The van der Waals surface area contributed by atoms with E-state index >= 15 is 0 Å². The van der Waals surface area contributed by atoms with Crippen molar-refractivity contribution in [3.05, 3.63) is 39.5 Å². The molecule has 20 heavy (non-hydrogen) atoms. The third-order valence-corrected chi connectivity index (χ3v) is 5.32. The van der Waals surface area contributed by atoms with Gasteiger partial charge >= 0.3 is 0 Å². The first-order chi connectivity index (χ1) is 9.83. The van der Waals surface area contributed by atoms with Gasteiger partial charge in [-0.25, -0.2) is 0 Å². The highest BCUT2D eigenvalue weighted by atomic mass is 127. The average molecular weight is 383 g/mol. The van der Waals surface area contributed by atoms with Crippen LogP contribution < -0.4 is 4.74 Å². The third-order valence-electron chi connectivity index (χ3n) is 4.81. The lowest BCUT2D eigenvalue weighted by atomic mass is 9.75. The van der Waals surface area contributed by atoms with E-state index in [0.717, 1.165) is 24.3 Å². The number of ether oxygens (including phenoxy) is 1. The summed E-state index contributed by atoms with van der Waals surface area (Å²) in [5.74, 6) is 1.89. The second-order valence-electron chi connectivity index (χ2n) is 5.83. The van der Waals surface area contributed by atoms with E-state index in [1.165, 1.54) is 43.4 Å². The molecule has 1 heterocycles. The van der Waals surface area contributed by atoms with Crippen LogP contribution in [0.25, 0.3) is 0 Å². The quantitative estimate of drug-likeness (QED) is 0.736. The zero-order chi connectivity index (χ0) is 13.9. The number of hydrogen-bond donors (Lipinski definition) is 0. The van der Waals surface area contributed by atoms with Crippen molar-refractivity contribution in [2.75, 3.05) is 20.2 Å². The maximum atomic E-state index is 5.56. The molecule has 0 amide bonds. The first-order valence-electron chi connectivity index (χ1n) is 7.47. The van der Waals surface area contributed by atoms with Crippen LogP contribution in [0, 0.1) is 5.92 Å². The molecule has 1 aliphatic heterocycles. The van der Waals surface area contributed by atoms with Gasteiger partial charge in [0.2, 0.25) is 0 Å². The van der Waals surface area contributed by atoms with Crippen molar-refractivity contribution >= 4 is 22.6 Å². The van der Waals surface area contributed by atoms with Crippen LogP contribution in [0.2, 0.25) is 0 Å². The lowest BCUT2D eigenvalue weighted by Gasteiger charge is -2.44. The smallest absolute Gasteiger partial charge is 0.122 e. The van der Waals surface area contributed by atoms with Gasteiger partial charge in [-0.2, -0.15) is 0 Å². The Labute approximate surface area is 135 Å². The van der Waals surface area contributed by atoms with Crippen molar-refractivity contribution in [1.29, 1.82) is 0 Å². The topological polar surface area (TPSA) is 12.5 Å². The van der Waals surface area contributed by atoms with E-state index in [9.17, 15) is 0 Å². The highest BCUT2D eigenvalue weighted by molar-refractivity contribution is 14.1. The normalized spacial score (nSPS) is 26.3. The maximum Gasteiger partial charge on any atom is 0.122 e. The summed E-state index contributed by atoms with van der Waals surface area (Å²) < 4.78 is 7.70. The van der Waals surface area contributed by atoms with Gasteiger partial charge in [0.1, 0.15) is 5.75 Å². The molecule has 0 N–H and O–H groups in total. The van der Waals surface area contributed by atoms with Crippen molar-refractivity contribution in [3.63, 3.8) is 0 Å². The number of methoxy groups -OCH3 is 1. The monoisotopic (exact) mass is 383 g/mol. The van der Waals surface area contributed by atoms with Crippen LogP contribution in [-0.2, 0) is 12.8 Å². The van der Waals surface area contributed by atoms with E-state index in [0.29, 0.717) is 0 Å². The minimum atomic E-state index is 0.718. The highest BCUT2D eigenvalue weighted by Crippen LogP contribution is 2.38. The van der Waals surface area contributed by atoms with Crippen LogP contribution in [0.4, 0.5) is 0 Å². The summed E-state index contributed by atoms with van der Waals surface area (Å²) in [5.41, 5.74) is 2.96. The first-order valence-corrected chi connectivity index (χ1v) is 8.72. The molecule has 108 valence electrons. The van der Waals surface area contributed by atoms with E-state index in [2.05, 4.69) is 55.8 Å². The Hall–Kier alpha value is -0.550. The Kier molecular flexibility index (Phi) is 4.66. The summed E-state index contributed by atoms with van der Waals surface area (Å²) in [4.78, 5) is 2.67. The Morgan fingerprint density at radius 3 is 3.10 bits per heavy atom. The molecule has 1 saturated heterocycles. The van der Waals surface area contributed by atoms with E-state index in [-0.39, 0.29) is 0 Å². The van der Waals surface area contributed by atoms with Crippen molar-refractivity contribution in [2.45, 2.75) is 31.7 Å². The van der Waals surface area contributed by atoms with Crippen molar-refractivity contribution in [1.82, 2.24) is 4.90 Å². The molecule has 0 aromatic heterocycles. The standard InChI is InChI=1S/C17H22INO/c1-20-17-7-2-5-13-12-16-14(11-15(13)17)6-3-9-19(16)10-4-8-18/h2,4-5,7-8,14,16H,3,6,9-12H2,1H3/b8-4+/t14-,16-/m1/s1. The Bertz CT molecular complexity index is 500. The zero-order valence-electron chi connectivity index (χ0n) is 12.0. The fourth-order valence-corrected chi connectivity index (χ4v) is 4.09. The molecular weight excluding hydrogens is 361 g/mol. The molecule has 0 saturated carbocycles. The average Bonchev–Trinajstić information content (AvgIpc) is 2.50. The lowest BCUT2D eigenvalue weighted by molar-refractivity contribution is 0.0966. The molecule has 2 nitrogen and oxygen atoms in total. The molecule has 2 aliphatic rings. The molecule has 3 heteroatoms. The van der Waals surface area contributed by atoms with Gasteiger partial charge in [-0.3, -0.25) is 4.90 Å². The van der Waals surface area contributed by atoms with E-state index in [1.807, 2.05) is 0 Å². The molecule has 0 bridgehead atoms. The summed E-state index contributed by atoms with van der Waals surface area (Å²) in [6.45, 7) is 2.35. The fraction of sp³-hybridized carbons (Fsp3) is 0.529. The second kappa shape index (κ2) is 6.48. The lowest BCUT2D eigenvalue weighted by Crippen LogP contribution is -2.49. The van der Waals surface area contributed by atoms with Gasteiger partial charge in [-0.05, 0) is 59.4 Å². The maximum absolute atomic E-state index is 5.56. The van der Waals surface area contributed by atoms with E-state index < -0.39 is 0 Å². The van der Waals surface area contributed by atoms with Gasteiger partial charge in [0.05, 0.1) is 7.11 Å². The van der Waals surface area contributed by atoms with Crippen LogP contribution >= 0.6 is 22.6 Å². The van der Waals surface area contributed by atoms with Crippen LogP contribution in [0.5, 0.6) is 5.75 Å². The number of piperidine rings is 1. The van der Waals surface area contributed by atoms with Crippen molar-refractivity contribution in [3.8, 4) is 5.75 Å². The van der Waals surface area contributed by atoms with Gasteiger partial charge < -0.3 is 4.74 Å². The van der Waals surface area contributed by atoms with Gasteiger partial charge in [0.25, 0.3) is 0 Å². The number of likely N-dealkylation sites (tertiary alicyclic amines) is 1. The molecule has 0 spiro atoms. The van der Waals surface area contributed by atoms with Crippen molar-refractivity contribution in [2.24, 2.45) is 5.92 Å². The molecule has 2 atom stereocenters. The summed E-state index contributed by atoms with van der Waals surface area (Å²) in [6.07, 6.45) is 7.36. The fourth-order valence-electron chi connectivity index (χ4n) is 3.86. The summed E-state index contributed by atoms with van der Waals surface area (Å²) in [7, 11) is 1.79. The zero-order valence-corrected chi connectivity index (χ0v) is 14.2. The predicted molar refractivity (Wildman–Crippen MR) is 91.6 cm³/mol. The number of rotatable bonds is 3. The Morgan fingerprint density at radius 2 is 2.30 bits per heavy atom. The number of hydrogen-bond acceptors (Lipinski definition) is 2. The number of benzene rings is 1. The third kappa shape index (κ3) is 2.75. The van der Waals surface area contributed by atoms with Gasteiger partial charge in [0, 0.05) is 12.6 Å². The molecular formula is C17H22INO. The molecule has 1 aliphatic carbocycles. The molecule has 0 unspecified atom stereocenters.